The molecule has 2 N–H and O–H groups in total. The average molecular weight is 403 g/mol. The molecule has 2 amide bonds. The zero-order valence-electron chi connectivity index (χ0n) is 17.0. The minimum absolute atomic E-state index is 0.0408. The Kier molecular flexibility index (Phi) is 7.16. The molecule has 0 spiro atoms. The van der Waals surface area contributed by atoms with Gasteiger partial charge in [0.05, 0.1) is 11.4 Å². The number of hydrogen-bond donors (Lipinski definition) is 2. The summed E-state index contributed by atoms with van der Waals surface area (Å²) in [5.41, 5.74) is 4.59. The molecule has 2 aromatic carbocycles. The summed E-state index contributed by atoms with van der Waals surface area (Å²) in [5.74, 6) is 0.501. The number of fused-ring (bicyclic) bond motifs is 1. The summed E-state index contributed by atoms with van der Waals surface area (Å²) in [6, 6.07) is 14.0. The Bertz CT molecular complexity index is 991. The Balaban J connectivity index is 1.54. The van der Waals surface area contributed by atoms with E-state index in [1.54, 1.807) is 6.08 Å². The molecular weight excluding hydrogens is 378 g/mol. The van der Waals surface area contributed by atoms with Crippen molar-refractivity contribution in [3.8, 4) is 16.9 Å². The summed E-state index contributed by atoms with van der Waals surface area (Å²) >= 11 is 0. The number of anilines is 1. The Morgan fingerprint density at radius 2 is 2.00 bits per heavy atom. The second-order valence-corrected chi connectivity index (χ2v) is 6.91. The lowest BCUT2D eigenvalue weighted by atomic mass is 10.0. The van der Waals surface area contributed by atoms with Crippen LogP contribution < -0.4 is 15.4 Å². The van der Waals surface area contributed by atoms with Gasteiger partial charge in [0.25, 0.3) is 5.91 Å². The molecule has 154 valence electrons. The van der Waals surface area contributed by atoms with Crippen LogP contribution in [0.3, 0.4) is 0 Å². The van der Waals surface area contributed by atoms with Crippen molar-refractivity contribution in [3.05, 3.63) is 72.1 Å². The van der Waals surface area contributed by atoms with Gasteiger partial charge in [-0.1, -0.05) is 36.4 Å². The monoisotopic (exact) mass is 403 g/mol. The number of nitrogens with one attached hydrogen (secondary N) is 2. The number of carbonyl (C=O) groups excluding carboxylic acids is 2. The maximum absolute atomic E-state index is 12.1. The first kappa shape index (κ1) is 21.0. The number of allylic oxidation sites excluding steroid dienone is 2. The van der Waals surface area contributed by atoms with Crippen molar-refractivity contribution in [3.63, 3.8) is 0 Å². The van der Waals surface area contributed by atoms with Crippen molar-refractivity contribution < 1.29 is 14.3 Å². The highest BCUT2D eigenvalue weighted by Gasteiger charge is 2.16. The molecule has 0 bridgehead atoms. The van der Waals surface area contributed by atoms with Gasteiger partial charge in [-0.15, -0.1) is 0 Å². The molecule has 0 saturated heterocycles. The molecule has 0 aliphatic carbocycles. The van der Waals surface area contributed by atoms with E-state index in [4.69, 9.17) is 4.74 Å². The van der Waals surface area contributed by atoms with Gasteiger partial charge in [0.1, 0.15) is 5.75 Å². The fourth-order valence-corrected chi connectivity index (χ4v) is 3.19. The van der Waals surface area contributed by atoms with Crippen molar-refractivity contribution in [1.29, 1.82) is 0 Å². The van der Waals surface area contributed by atoms with Crippen LogP contribution in [0.5, 0.6) is 5.75 Å². The van der Waals surface area contributed by atoms with Crippen LogP contribution in [0.2, 0.25) is 0 Å². The number of benzene rings is 2. The van der Waals surface area contributed by atoms with Crippen LogP contribution >= 0.6 is 0 Å². The van der Waals surface area contributed by atoms with E-state index < -0.39 is 0 Å². The molecule has 0 atom stereocenters. The third kappa shape index (κ3) is 5.67. The number of carbonyl (C=O) groups is 2. The Labute approximate surface area is 176 Å². The molecule has 1 aliphatic rings. The molecule has 1 aliphatic heterocycles. The second kappa shape index (κ2) is 10.2. The van der Waals surface area contributed by atoms with Gasteiger partial charge >= 0.3 is 0 Å². The van der Waals surface area contributed by atoms with Gasteiger partial charge in [0, 0.05) is 12.6 Å². The lowest BCUT2D eigenvalue weighted by molar-refractivity contribution is -0.120. The predicted octanol–water partition coefficient (Wildman–Crippen LogP) is 4.24. The molecule has 6 heteroatoms. The largest absolute Gasteiger partial charge is 0.482 e. The summed E-state index contributed by atoms with van der Waals surface area (Å²) in [6.07, 6.45) is 7.14. The smallest absolute Gasteiger partial charge is 0.262 e. The maximum atomic E-state index is 12.1. The number of aliphatic imine (C=N–C) groups is 1. The van der Waals surface area contributed by atoms with Crippen molar-refractivity contribution in [1.82, 2.24) is 5.32 Å². The standard InChI is InChI=1S/C24H25N3O3/c1-3-5-20(15-25-2)26-23(28)7-4-6-17-8-10-18(11-9-17)19-12-13-21-22(14-19)30-16-24(29)27-21/h3,5,8-15H,2,4,6-7,16H2,1H3,(H,26,28)(H,27,29)/b5-3-,20-15+. The van der Waals surface area contributed by atoms with E-state index >= 15 is 0 Å². The summed E-state index contributed by atoms with van der Waals surface area (Å²) < 4.78 is 5.49. The number of nitrogens with zero attached hydrogens (tertiary/aromatic N) is 1. The Morgan fingerprint density at radius 3 is 2.73 bits per heavy atom. The van der Waals surface area contributed by atoms with Crippen LogP contribution in [-0.4, -0.2) is 25.1 Å². The third-order valence-electron chi connectivity index (χ3n) is 4.63. The molecule has 2 aromatic rings. The van der Waals surface area contributed by atoms with Crippen molar-refractivity contribution in [2.75, 3.05) is 11.9 Å². The molecule has 3 rings (SSSR count). The topological polar surface area (TPSA) is 79.8 Å². The first-order chi connectivity index (χ1) is 14.6. The van der Waals surface area contributed by atoms with E-state index in [1.165, 1.54) is 11.8 Å². The predicted molar refractivity (Wildman–Crippen MR) is 120 cm³/mol. The van der Waals surface area contributed by atoms with Crippen LogP contribution in [0.4, 0.5) is 5.69 Å². The van der Waals surface area contributed by atoms with Crippen LogP contribution in [0.15, 0.2) is 71.5 Å². The summed E-state index contributed by atoms with van der Waals surface area (Å²) in [6.45, 7) is 5.33. The van der Waals surface area contributed by atoms with Gasteiger partial charge < -0.3 is 15.4 Å². The molecule has 1 heterocycles. The number of ether oxygens (including phenoxy) is 1. The van der Waals surface area contributed by atoms with Crippen LogP contribution in [0, 0.1) is 0 Å². The number of amides is 2. The summed E-state index contributed by atoms with van der Waals surface area (Å²) in [5, 5.41) is 5.62. The van der Waals surface area contributed by atoms with Gasteiger partial charge in [-0.3, -0.25) is 14.6 Å². The second-order valence-electron chi connectivity index (χ2n) is 6.91. The number of rotatable bonds is 8. The van der Waals surface area contributed by atoms with Gasteiger partial charge in [0.2, 0.25) is 5.91 Å². The number of aryl methyl sites for hydroxylation is 1. The van der Waals surface area contributed by atoms with E-state index in [9.17, 15) is 9.59 Å². The molecule has 0 unspecified atom stereocenters. The molecule has 0 radical (unpaired) electrons. The minimum Gasteiger partial charge on any atom is -0.482 e. The van der Waals surface area contributed by atoms with E-state index in [2.05, 4.69) is 46.6 Å². The lowest BCUT2D eigenvalue weighted by Crippen LogP contribution is -2.25. The van der Waals surface area contributed by atoms with E-state index in [-0.39, 0.29) is 18.4 Å². The number of hydrogen-bond acceptors (Lipinski definition) is 4. The maximum Gasteiger partial charge on any atom is 0.262 e. The highest BCUT2D eigenvalue weighted by molar-refractivity contribution is 5.95. The van der Waals surface area contributed by atoms with E-state index in [0.717, 1.165) is 24.0 Å². The molecular formula is C24H25N3O3. The van der Waals surface area contributed by atoms with Gasteiger partial charge in [-0.2, -0.15) is 0 Å². The Morgan fingerprint density at radius 1 is 1.23 bits per heavy atom. The van der Waals surface area contributed by atoms with Crippen LogP contribution in [-0.2, 0) is 16.0 Å². The van der Waals surface area contributed by atoms with Gasteiger partial charge in [0.15, 0.2) is 6.61 Å². The molecule has 0 fully saturated rings. The fraction of sp³-hybridized carbons (Fsp3) is 0.208. The fourth-order valence-electron chi connectivity index (χ4n) is 3.19. The third-order valence-corrected chi connectivity index (χ3v) is 4.63. The van der Waals surface area contributed by atoms with Gasteiger partial charge in [-0.05, 0) is 61.4 Å². The van der Waals surface area contributed by atoms with Crippen molar-refractivity contribution >= 4 is 24.2 Å². The van der Waals surface area contributed by atoms with Crippen molar-refractivity contribution in [2.45, 2.75) is 26.2 Å². The molecule has 0 aromatic heterocycles. The average Bonchev–Trinajstić information content (AvgIpc) is 2.74. The quantitative estimate of drug-likeness (QED) is 0.511. The molecule has 0 saturated carbocycles. The van der Waals surface area contributed by atoms with Crippen molar-refractivity contribution in [2.24, 2.45) is 4.99 Å². The first-order valence-electron chi connectivity index (χ1n) is 9.83. The SMILES string of the molecule is C=N/C=C(\C=C/C)NC(=O)CCCc1ccc(-c2ccc3c(c2)OCC(=O)N3)cc1. The van der Waals surface area contributed by atoms with Crippen LogP contribution in [0.1, 0.15) is 25.3 Å². The van der Waals surface area contributed by atoms with Crippen LogP contribution in [0.25, 0.3) is 11.1 Å². The zero-order valence-corrected chi connectivity index (χ0v) is 17.0. The normalized spacial score (nSPS) is 13.4. The summed E-state index contributed by atoms with van der Waals surface area (Å²) in [4.78, 5) is 27.2. The highest BCUT2D eigenvalue weighted by Crippen LogP contribution is 2.32. The summed E-state index contributed by atoms with van der Waals surface area (Å²) in [7, 11) is 0. The highest BCUT2D eigenvalue weighted by atomic mass is 16.5. The lowest BCUT2D eigenvalue weighted by Gasteiger charge is -2.18. The zero-order chi connectivity index (χ0) is 21.3. The molecule has 30 heavy (non-hydrogen) atoms. The van der Waals surface area contributed by atoms with E-state index in [1.807, 2.05) is 31.2 Å². The van der Waals surface area contributed by atoms with E-state index in [0.29, 0.717) is 23.6 Å². The Hall–Kier alpha value is -3.67. The first-order valence-corrected chi connectivity index (χ1v) is 9.83. The van der Waals surface area contributed by atoms with Gasteiger partial charge in [-0.25, -0.2) is 0 Å². The molecule has 6 nitrogen and oxygen atoms in total. The minimum atomic E-state index is -0.139.